The normalized spacial score (nSPS) is 18.7. The molecular weight excluding hydrogens is 402 g/mol. The number of imidazole rings is 1. The van der Waals surface area contributed by atoms with Gasteiger partial charge in [0.05, 0.1) is 31.0 Å². The van der Waals surface area contributed by atoms with Crippen LogP contribution in [0.2, 0.25) is 0 Å². The number of nitrogens with one attached hydrogen (secondary N) is 1. The Bertz CT molecular complexity index is 1080. The standard InChI is InChI=1S/C26H31N3O3/c1-19-7-11-21(12-8-19)28-26(30)14-10-20-9-13-24(25(17-20)31-2)32-16-15-29-18-27-22-5-3-4-6-23(22)29/h3-6,9-10,13-14,17-19,21H,7-8,11-12,15-16H2,1-2H3,(H,28,30)/b14-10+/t19-,21-. The minimum absolute atomic E-state index is 0.0450. The molecule has 0 spiro atoms. The number of hydrogen-bond acceptors (Lipinski definition) is 4. The van der Waals surface area contributed by atoms with Crippen molar-refractivity contribution in [1.29, 1.82) is 0 Å². The summed E-state index contributed by atoms with van der Waals surface area (Å²) in [5.74, 6) is 2.04. The maximum absolute atomic E-state index is 12.3. The van der Waals surface area contributed by atoms with E-state index in [-0.39, 0.29) is 5.91 Å². The Labute approximate surface area is 189 Å². The zero-order chi connectivity index (χ0) is 22.3. The number of amides is 1. The number of fused-ring (bicyclic) bond motifs is 1. The van der Waals surface area contributed by atoms with E-state index in [9.17, 15) is 4.79 Å². The van der Waals surface area contributed by atoms with Crippen molar-refractivity contribution < 1.29 is 14.3 Å². The Morgan fingerprint density at radius 1 is 1.16 bits per heavy atom. The zero-order valence-corrected chi connectivity index (χ0v) is 18.8. The highest BCUT2D eigenvalue weighted by Crippen LogP contribution is 2.29. The van der Waals surface area contributed by atoms with Crippen molar-refractivity contribution >= 4 is 23.0 Å². The zero-order valence-electron chi connectivity index (χ0n) is 18.8. The second-order valence-electron chi connectivity index (χ2n) is 8.48. The molecule has 168 valence electrons. The van der Waals surface area contributed by atoms with Gasteiger partial charge in [-0.05, 0) is 67.5 Å². The average molecular weight is 434 g/mol. The lowest BCUT2D eigenvalue weighted by atomic mass is 9.87. The van der Waals surface area contributed by atoms with E-state index in [1.807, 2.05) is 48.8 Å². The van der Waals surface area contributed by atoms with Gasteiger partial charge in [0.1, 0.15) is 6.61 Å². The van der Waals surface area contributed by atoms with Gasteiger partial charge in [0.2, 0.25) is 5.91 Å². The van der Waals surface area contributed by atoms with Crippen LogP contribution in [0.15, 0.2) is 54.9 Å². The lowest BCUT2D eigenvalue weighted by molar-refractivity contribution is -0.117. The fraction of sp³-hybridized carbons (Fsp3) is 0.385. The maximum atomic E-state index is 12.3. The molecular formula is C26H31N3O3. The number of carbonyl (C=O) groups is 1. The average Bonchev–Trinajstić information content (AvgIpc) is 3.23. The Hall–Kier alpha value is -3.28. The molecule has 1 aliphatic rings. The highest BCUT2D eigenvalue weighted by molar-refractivity contribution is 5.92. The molecule has 0 unspecified atom stereocenters. The highest BCUT2D eigenvalue weighted by atomic mass is 16.5. The van der Waals surface area contributed by atoms with Crippen molar-refractivity contribution in [2.75, 3.05) is 13.7 Å². The van der Waals surface area contributed by atoms with E-state index in [0.717, 1.165) is 35.4 Å². The Morgan fingerprint density at radius 3 is 2.78 bits per heavy atom. The molecule has 1 heterocycles. The summed E-state index contributed by atoms with van der Waals surface area (Å²) >= 11 is 0. The van der Waals surface area contributed by atoms with Crippen LogP contribution in [0.1, 0.15) is 38.2 Å². The smallest absolute Gasteiger partial charge is 0.244 e. The predicted octanol–water partition coefficient (Wildman–Crippen LogP) is 4.83. The Morgan fingerprint density at radius 2 is 1.97 bits per heavy atom. The van der Waals surface area contributed by atoms with Crippen molar-refractivity contribution in [3.63, 3.8) is 0 Å². The fourth-order valence-electron chi connectivity index (χ4n) is 4.18. The summed E-state index contributed by atoms with van der Waals surface area (Å²) in [7, 11) is 1.62. The van der Waals surface area contributed by atoms with Crippen LogP contribution in [0.3, 0.4) is 0 Å². The molecule has 32 heavy (non-hydrogen) atoms. The van der Waals surface area contributed by atoms with Crippen LogP contribution in [0, 0.1) is 5.92 Å². The van der Waals surface area contributed by atoms with Crippen molar-refractivity contribution in [2.24, 2.45) is 5.92 Å². The molecule has 1 saturated carbocycles. The maximum Gasteiger partial charge on any atom is 0.244 e. The van der Waals surface area contributed by atoms with Crippen molar-refractivity contribution in [1.82, 2.24) is 14.9 Å². The van der Waals surface area contributed by atoms with Gasteiger partial charge in [-0.25, -0.2) is 4.98 Å². The van der Waals surface area contributed by atoms with E-state index in [0.29, 0.717) is 30.7 Å². The third-order valence-electron chi connectivity index (χ3n) is 6.09. The fourth-order valence-corrected chi connectivity index (χ4v) is 4.18. The molecule has 6 heteroatoms. The molecule has 6 nitrogen and oxygen atoms in total. The molecule has 0 saturated heterocycles. The van der Waals surface area contributed by atoms with Gasteiger partial charge in [0.15, 0.2) is 11.5 Å². The predicted molar refractivity (Wildman–Crippen MR) is 127 cm³/mol. The van der Waals surface area contributed by atoms with Crippen LogP contribution < -0.4 is 14.8 Å². The summed E-state index contributed by atoms with van der Waals surface area (Å²) < 4.78 is 13.5. The Kier molecular flexibility index (Phi) is 7.10. The molecule has 1 aliphatic carbocycles. The molecule has 1 fully saturated rings. The van der Waals surface area contributed by atoms with Crippen LogP contribution in [-0.2, 0) is 11.3 Å². The SMILES string of the molecule is COc1cc(/C=C/C(=O)N[C@H]2CC[C@H](C)CC2)ccc1OCCn1cnc2ccccc21. The second kappa shape index (κ2) is 10.4. The van der Waals surface area contributed by atoms with Crippen LogP contribution in [0.4, 0.5) is 0 Å². The van der Waals surface area contributed by atoms with Crippen LogP contribution >= 0.6 is 0 Å². The molecule has 1 amide bonds. The van der Waals surface area contributed by atoms with Crippen LogP contribution in [0.25, 0.3) is 17.1 Å². The number of benzene rings is 2. The van der Waals surface area contributed by atoms with Crippen molar-refractivity contribution in [3.8, 4) is 11.5 Å². The summed E-state index contributed by atoms with van der Waals surface area (Å²) in [6.07, 6.45) is 9.74. The van der Waals surface area contributed by atoms with Crippen molar-refractivity contribution in [3.05, 3.63) is 60.4 Å². The third kappa shape index (κ3) is 5.49. The quantitative estimate of drug-likeness (QED) is 0.517. The number of para-hydroxylation sites is 2. The minimum atomic E-state index is -0.0450. The van der Waals surface area contributed by atoms with Gasteiger partial charge < -0.3 is 19.4 Å². The molecule has 3 aromatic rings. The number of rotatable bonds is 8. The molecule has 0 atom stereocenters. The number of hydrogen-bond donors (Lipinski definition) is 1. The van der Waals surface area contributed by atoms with E-state index in [1.165, 1.54) is 12.8 Å². The van der Waals surface area contributed by atoms with Gasteiger partial charge in [-0.2, -0.15) is 0 Å². The summed E-state index contributed by atoms with van der Waals surface area (Å²) in [5.41, 5.74) is 2.95. The van der Waals surface area contributed by atoms with E-state index in [2.05, 4.69) is 27.9 Å². The number of methoxy groups -OCH3 is 1. The number of carbonyl (C=O) groups excluding carboxylic acids is 1. The Balaban J connectivity index is 1.32. The largest absolute Gasteiger partial charge is 0.493 e. The minimum Gasteiger partial charge on any atom is -0.493 e. The van der Waals surface area contributed by atoms with E-state index in [4.69, 9.17) is 9.47 Å². The van der Waals surface area contributed by atoms with Crippen LogP contribution in [-0.4, -0.2) is 35.2 Å². The van der Waals surface area contributed by atoms with Gasteiger partial charge in [-0.1, -0.05) is 25.1 Å². The number of ether oxygens (including phenoxy) is 2. The topological polar surface area (TPSA) is 65.4 Å². The number of aromatic nitrogens is 2. The van der Waals surface area contributed by atoms with Crippen molar-refractivity contribution in [2.45, 2.75) is 45.2 Å². The van der Waals surface area contributed by atoms with E-state index < -0.39 is 0 Å². The lowest BCUT2D eigenvalue weighted by Gasteiger charge is -2.26. The summed E-state index contributed by atoms with van der Waals surface area (Å²) in [6, 6.07) is 14.0. The van der Waals surface area contributed by atoms with Crippen LogP contribution in [0.5, 0.6) is 11.5 Å². The second-order valence-corrected chi connectivity index (χ2v) is 8.48. The van der Waals surface area contributed by atoms with Gasteiger partial charge in [-0.3, -0.25) is 4.79 Å². The lowest BCUT2D eigenvalue weighted by Crippen LogP contribution is -2.36. The summed E-state index contributed by atoms with van der Waals surface area (Å²) in [6.45, 7) is 3.46. The monoisotopic (exact) mass is 433 g/mol. The molecule has 0 bridgehead atoms. The van der Waals surface area contributed by atoms with Gasteiger partial charge in [-0.15, -0.1) is 0 Å². The third-order valence-corrected chi connectivity index (χ3v) is 6.09. The van der Waals surface area contributed by atoms with Gasteiger partial charge in [0.25, 0.3) is 0 Å². The first-order valence-electron chi connectivity index (χ1n) is 11.3. The molecule has 2 aromatic carbocycles. The van der Waals surface area contributed by atoms with Gasteiger partial charge >= 0.3 is 0 Å². The molecule has 1 aromatic heterocycles. The summed E-state index contributed by atoms with van der Waals surface area (Å²) in [5, 5.41) is 3.11. The molecule has 0 aliphatic heterocycles. The molecule has 1 N–H and O–H groups in total. The first-order valence-corrected chi connectivity index (χ1v) is 11.3. The summed E-state index contributed by atoms with van der Waals surface area (Å²) in [4.78, 5) is 16.7. The van der Waals surface area contributed by atoms with E-state index >= 15 is 0 Å². The molecule has 4 rings (SSSR count). The van der Waals surface area contributed by atoms with E-state index in [1.54, 1.807) is 13.2 Å². The first-order chi connectivity index (χ1) is 15.6. The van der Waals surface area contributed by atoms with Gasteiger partial charge in [0, 0.05) is 12.1 Å². The number of nitrogens with zero attached hydrogens (tertiary/aromatic N) is 2. The first kappa shape index (κ1) is 21.9. The molecule has 0 radical (unpaired) electrons. The highest BCUT2D eigenvalue weighted by Gasteiger charge is 2.18.